The van der Waals surface area contributed by atoms with Crippen LogP contribution in [0.2, 0.25) is 0 Å². The molecule has 0 atom stereocenters. The molecule has 0 aliphatic carbocycles. The molecule has 0 unspecified atom stereocenters. The van der Waals surface area contributed by atoms with Gasteiger partial charge in [0.25, 0.3) is 0 Å². The van der Waals surface area contributed by atoms with Crippen molar-refractivity contribution in [2.45, 2.75) is 0 Å². The predicted molar refractivity (Wildman–Crippen MR) is 8.66 cm³/mol. The zero-order chi connectivity index (χ0) is 2.00. The van der Waals surface area contributed by atoms with Crippen molar-refractivity contribution in [2.75, 3.05) is 0 Å². The van der Waals surface area contributed by atoms with E-state index in [2.05, 4.69) is 0 Å². The van der Waals surface area contributed by atoms with E-state index in [-0.39, 0.29) is 101 Å². The molecule has 0 N–H and O–H groups in total. The zero-order valence-corrected chi connectivity index (χ0v) is 11.8. The second-order valence-electron chi connectivity index (χ2n) is 0. The van der Waals surface area contributed by atoms with Gasteiger partial charge in [-0.3, -0.25) is 0 Å². The van der Waals surface area contributed by atoms with Gasteiger partial charge in [-0.15, -0.1) is 0 Å². The van der Waals surface area contributed by atoms with Gasteiger partial charge < -0.3 is 2.85 Å². The van der Waals surface area contributed by atoms with E-state index in [1.165, 1.54) is 0 Å². The monoisotopic (exact) mass is 356 g/mol. The van der Waals surface area contributed by atoms with Gasteiger partial charge in [0, 0.05) is 52.7 Å². The molecule has 0 spiro atoms. The summed E-state index contributed by atoms with van der Waals surface area (Å²) in [6.45, 7) is 0. The molecule has 2 radical (unpaired) electrons. The van der Waals surface area contributed by atoms with Gasteiger partial charge in [0.15, 0.2) is 0 Å². The molecule has 0 aliphatic rings. The second kappa shape index (κ2) is 25.8. The fraction of sp³-hybridized carbons (Fsp3) is 0. The third kappa shape index (κ3) is 18.5. The molecule has 5 heavy (non-hydrogen) atoms. The predicted octanol–water partition coefficient (Wildman–Crippen LogP) is -0.280. The fourth-order valence-electron chi connectivity index (χ4n) is 0. The van der Waals surface area contributed by atoms with Crippen LogP contribution in [-0.4, -0.2) is 45.5 Å². The molecule has 28 valence electrons. The molecular formula is H2FeLaMnOSr. The fourth-order valence-corrected chi connectivity index (χ4v) is 0. The summed E-state index contributed by atoms with van der Waals surface area (Å²) >= 11 is 2.00. The Labute approximate surface area is 118 Å². The minimum Gasteiger partial charge on any atom is 2.00 e. The minimum atomic E-state index is 0. The van der Waals surface area contributed by atoms with E-state index in [0.29, 0.717) is 0 Å². The van der Waals surface area contributed by atoms with Crippen molar-refractivity contribution in [2.24, 2.45) is 0 Å². The van der Waals surface area contributed by atoms with Crippen molar-refractivity contribution in [3.63, 3.8) is 0 Å². The van der Waals surface area contributed by atoms with Gasteiger partial charge in [0.05, 0.1) is 0 Å². The summed E-state index contributed by atoms with van der Waals surface area (Å²) in [5.74, 6) is 0. The average Bonchev–Trinajstić information content (AvgIpc) is 1.00. The Morgan fingerprint density at radius 1 is 1.40 bits per heavy atom. The first-order valence-electron chi connectivity index (χ1n) is 0.144. The zero-order valence-electron chi connectivity index (χ0n) is 4.42. The first kappa shape index (κ1) is 23.6. The maximum atomic E-state index is 8.00. The smallest absolute Gasteiger partial charge is 2.00 e. The molecule has 0 aliphatic heterocycles. The number of rotatable bonds is 0. The van der Waals surface area contributed by atoms with Crippen molar-refractivity contribution < 1.29 is 75.3 Å². The average molecular weight is 355 g/mol. The second-order valence-corrected chi connectivity index (χ2v) is 0. The van der Waals surface area contributed by atoms with Crippen LogP contribution >= 0.6 is 0 Å². The van der Waals surface area contributed by atoms with Gasteiger partial charge >= 0.3 is 65.3 Å². The van der Waals surface area contributed by atoms with E-state index in [1.807, 2.05) is 15.9 Å². The molecule has 5 heteroatoms. The van der Waals surface area contributed by atoms with Crippen LogP contribution in [0.25, 0.3) is 0 Å². The molecule has 0 saturated carbocycles. The van der Waals surface area contributed by atoms with Crippen molar-refractivity contribution in [3.05, 3.63) is 0 Å². The molecular weight excluding hydrogens is 353 g/mol. The van der Waals surface area contributed by atoms with Gasteiger partial charge in [-0.2, -0.15) is 0 Å². The Bertz CT molecular complexity index is 17.7. The summed E-state index contributed by atoms with van der Waals surface area (Å²) < 4.78 is 8.00. The molecule has 1 nitrogen and oxygen atoms in total. The van der Waals surface area contributed by atoms with Crippen LogP contribution in [0, 0.1) is 35.6 Å². The summed E-state index contributed by atoms with van der Waals surface area (Å²) in [4.78, 5) is 0. The Morgan fingerprint density at radius 2 is 1.40 bits per heavy atom. The van der Waals surface area contributed by atoms with E-state index >= 15 is 0 Å². The van der Waals surface area contributed by atoms with E-state index < -0.39 is 0 Å². The molecule has 0 aromatic carbocycles. The van der Waals surface area contributed by atoms with Crippen LogP contribution in [0.4, 0.5) is 0 Å². The third-order valence-corrected chi connectivity index (χ3v) is 0. The van der Waals surface area contributed by atoms with Crippen molar-refractivity contribution in [3.8, 4) is 0 Å². The van der Waals surface area contributed by atoms with E-state index in [0.717, 1.165) is 0 Å². The van der Waals surface area contributed by atoms with Crippen LogP contribution in [0.3, 0.4) is 0 Å². The standard InChI is InChI=1S/Fe.La.Mn.O.Sr.2H/q;;;;+2;2*-1. The topological polar surface area (TPSA) is 17.1 Å². The van der Waals surface area contributed by atoms with E-state index in [9.17, 15) is 0 Å². The van der Waals surface area contributed by atoms with Gasteiger partial charge in [0.1, 0.15) is 0 Å². The summed E-state index contributed by atoms with van der Waals surface area (Å²) in [5, 5.41) is 0. The molecule has 0 heterocycles. The quantitative estimate of drug-likeness (QED) is 0.547. The largest absolute Gasteiger partial charge is 2.00 e. The Hall–Kier alpha value is 3.51. The molecule has 0 rings (SSSR count). The van der Waals surface area contributed by atoms with Crippen LogP contribution in [0.5, 0.6) is 0 Å². The summed E-state index contributed by atoms with van der Waals surface area (Å²) in [5.41, 5.74) is 0. The van der Waals surface area contributed by atoms with Gasteiger partial charge in [0.2, 0.25) is 0 Å². The van der Waals surface area contributed by atoms with Crippen LogP contribution in [0.1, 0.15) is 2.85 Å². The summed E-state index contributed by atoms with van der Waals surface area (Å²) in [7, 11) is 0. The Kier molecular flexibility index (Phi) is 122. The number of hydrogen-bond donors (Lipinski definition) is 0. The van der Waals surface area contributed by atoms with Gasteiger partial charge in [-0.05, 0) is 0 Å². The maximum Gasteiger partial charge on any atom is 2.00 e. The molecule has 0 aromatic rings. The SMILES string of the molecule is [H-].[H-].[La].[Mn].[O]=[Fe].[Sr+2]. The first-order chi connectivity index (χ1) is 1.00. The Morgan fingerprint density at radius 3 is 1.40 bits per heavy atom. The van der Waals surface area contributed by atoms with Crippen molar-refractivity contribution >= 4 is 45.5 Å². The summed E-state index contributed by atoms with van der Waals surface area (Å²) in [6, 6.07) is 0. The molecule has 0 bridgehead atoms. The summed E-state index contributed by atoms with van der Waals surface area (Å²) in [6.07, 6.45) is 0. The van der Waals surface area contributed by atoms with E-state index in [1.54, 1.807) is 0 Å². The number of hydrogen-bond acceptors (Lipinski definition) is 1. The maximum absolute atomic E-state index is 8.00. The van der Waals surface area contributed by atoms with Crippen LogP contribution in [-0.2, 0) is 36.8 Å². The molecule has 0 fully saturated rings. The Balaban J connectivity index is -0.000000000500. The molecule has 0 amide bonds. The van der Waals surface area contributed by atoms with Gasteiger partial charge in [-0.25, -0.2) is 0 Å². The minimum absolute atomic E-state index is 0. The molecule has 0 aromatic heterocycles. The van der Waals surface area contributed by atoms with Crippen molar-refractivity contribution in [1.29, 1.82) is 0 Å². The van der Waals surface area contributed by atoms with Crippen LogP contribution in [0.15, 0.2) is 0 Å². The normalized spacial score (nSPS) is 1.00. The van der Waals surface area contributed by atoms with E-state index in [4.69, 9.17) is 3.83 Å². The van der Waals surface area contributed by atoms with Crippen LogP contribution < -0.4 is 0 Å². The molecule has 0 saturated heterocycles. The first-order valence-corrected chi connectivity index (χ1v) is 0.595. The van der Waals surface area contributed by atoms with Crippen molar-refractivity contribution in [1.82, 2.24) is 0 Å². The third-order valence-electron chi connectivity index (χ3n) is 0. The van der Waals surface area contributed by atoms with Gasteiger partial charge in [-0.1, -0.05) is 0 Å².